The van der Waals surface area contributed by atoms with Crippen molar-refractivity contribution >= 4 is 34.6 Å². The molecule has 23 heavy (non-hydrogen) atoms. The van der Waals surface area contributed by atoms with Gasteiger partial charge in [0.15, 0.2) is 5.78 Å². The van der Waals surface area contributed by atoms with Crippen molar-refractivity contribution < 1.29 is 22.8 Å². The first-order valence-electron chi connectivity index (χ1n) is 6.46. The van der Waals surface area contributed by atoms with Gasteiger partial charge in [-0.1, -0.05) is 17.7 Å². The van der Waals surface area contributed by atoms with Gasteiger partial charge in [0, 0.05) is 21.5 Å². The van der Waals surface area contributed by atoms with E-state index in [2.05, 4.69) is 5.32 Å². The fourth-order valence-corrected chi connectivity index (χ4v) is 2.75. The molecule has 0 saturated heterocycles. The Morgan fingerprint density at radius 3 is 2.52 bits per heavy atom. The zero-order valence-corrected chi connectivity index (χ0v) is 13.1. The lowest BCUT2D eigenvalue weighted by molar-refractivity contribution is -0.137. The molecule has 0 bridgehead atoms. The maximum Gasteiger partial charge on any atom is 0.391 e. The van der Waals surface area contributed by atoms with Gasteiger partial charge in [0.25, 0.3) is 5.91 Å². The van der Waals surface area contributed by atoms with Crippen LogP contribution in [0.2, 0.25) is 5.02 Å². The number of Topliss-reactive ketones (excluding diaryl/α,β-unsaturated/α-hetero) is 1. The number of rotatable bonds is 5. The van der Waals surface area contributed by atoms with E-state index >= 15 is 0 Å². The van der Waals surface area contributed by atoms with E-state index in [4.69, 9.17) is 11.6 Å². The molecule has 1 aromatic carbocycles. The largest absolute Gasteiger partial charge is 0.391 e. The Hall–Kier alpha value is -1.86. The Kier molecular flexibility index (Phi) is 5.43. The van der Waals surface area contributed by atoms with Crippen LogP contribution in [0.3, 0.4) is 0 Å². The summed E-state index contributed by atoms with van der Waals surface area (Å²) in [5.41, 5.74) is 0.221. The number of nitrogens with one attached hydrogen (secondary N) is 1. The van der Waals surface area contributed by atoms with Crippen LogP contribution in [0.15, 0.2) is 41.1 Å². The first kappa shape index (κ1) is 17.5. The second kappa shape index (κ2) is 7.14. The number of amides is 1. The number of carbonyl (C=O) groups excluding carboxylic acids is 2. The van der Waals surface area contributed by atoms with Crippen LogP contribution in [0.1, 0.15) is 27.1 Å². The van der Waals surface area contributed by atoms with Crippen molar-refractivity contribution in [1.82, 2.24) is 5.32 Å². The maximum atomic E-state index is 12.7. The van der Waals surface area contributed by atoms with Crippen LogP contribution < -0.4 is 5.32 Å². The second-order valence-electron chi connectivity index (χ2n) is 4.73. The van der Waals surface area contributed by atoms with E-state index in [0.717, 1.165) is 0 Å². The van der Waals surface area contributed by atoms with Crippen molar-refractivity contribution in [2.75, 3.05) is 0 Å². The molecule has 8 heteroatoms. The standard InChI is InChI=1S/C15H11ClF3NO2S/c16-11-3-1-2-9(6-11)14(22)20-12(7-15(17,18)19)13(21)10-4-5-23-8-10/h1-6,8,12H,7H2,(H,20,22). The highest BCUT2D eigenvalue weighted by molar-refractivity contribution is 7.08. The van der Waals surface area contributed by atoms with Gasteiger partial charge in [-0.3, -0.25) is 9.59 Å². The van der Waals surface area contributed by atoms with Crippen LogP contribution in [0, 0.1) is 0 Å². The molecule has 1 N–H and O–H groups in total. The topological polar surface area (TPSA) is 46.2 Å². The average Bonchev–Trinajstić information content (AvgIpc) is 2.98. The van der Waals surface area contributed by atoms with E-state index < -0.39 is 30.3 Å². The molecule has 3 nitrogen and oxygen atoms in total. The number of benzene rings is 1. The Labute approximate surface area is 139 Å². The van der Waals surface area contributed by atoms with Gasteiger partial charge in [-0.25, -0.2) is 0 Å². The van der Waals surface area contributed by atoms with E-state index in [1.165, 1.54) is 47.0 Å². The second-order valence-corrected chi connectivity index (χ2v) is 5.95. The van der Waals surface area contributed by atoms with Crippen molar-refractivity contribution in [1.29, 1.82) is 0 Å². The molecule has 0 radical (unpaired) electrons. The van der Waals surface area contributed by atoms with Gasteiger partial charge in [-0.05, 0) is 29.6 Å². The molecule has 0 spiro atoms. The number of hydrogen-bond donors (Lipinski definition) is 1. The van der Waals surface area contributed by atoms with E-state index in [1.807, 2.05) is 0 Å². The molecule has 2 rings (SSSR count). The van der Waals surface area contributed by atoms with Crippen LogP contribution in [0.25, 0.3) is 0 Å². The summed E-state index contributed by atoms with van der Waals surface area (Å²) < 4.78 is 38.1. The molecule has 1 unspecified atom stereocenters. The third kappa shape index (κ3) is 5.07. The van der Waals surface area contributed by atoms with Crippen LogP contribution in [-0.2, 0) is 0 Å². The molecule has 122 valence electrons. The monoisotopic (exact) mass is 361 g/mol. The predicted octanol–water partition coefficient (Wildman–Crippen LogP) is 4.34. The molecule has 1 atom stereocenters. The summed E-state index contributed by atoms with van der Waals surface area (Å²) in [5, 5.41) is 5.44. The van der Waals surface area contributed by atoms with E-state index in [9.17, 15) is 22.8 Å². The molecule has 0 aliphatic carbocycles. The molecule has 2 aromatic rings. The van der Waals surface area contributed by atoms with Crippen molar-refractivity contribution in [2.24, 2.45) is 0 Å². The summed E-state index contributed by atoms with van der Waals surface area (Å²) in [6, 6.07) is 5.48. The smallest absolute Gasteiger partial charge is 0.341 e. The maximum absolute atomic E-state index is 12.7. The first-order valence-corrected chi connectivity index (χ1v) is 7.78. The summed E-state index contributed by atoms with van der Waals surface area (Å²) in [5.74, 6) is -1.57. The summed E-state index contributed by atoms with van der Waals surface area (Å²) >= 11 is 6.94. The summed E-state index contributed by atoms with van der Waals surface area (Å²) in [6.07, 6.45) is -6.02. The van der Waals surface area contributed by atoms with Crippen LogP contribution in [0.4, 0.5) is 13.2 Å². The Bertz CT molecular complexity index is 701. The first-order chi connectivity index (χ1) is 10.8. The van der Waals surface area contributed by atoms with Crippen molar-refractivity contribution in [3.63, 3.8) is 0 Å². The Balaban J connectivity index is 2.20. The third-order valence-electron chi connectivity index (χ3n) is 2.95. The molecule has 1 heterocycles. The summed E-state index contributed by atoms with van der Waals surface area (Å²) in [7, 11) is 0. The van der Waals surface area contributed by atoms with E-state index in [1.54, 1.807) is 5.38 Å². The van der Waals surface area contributed by atoms with E-state index in [-0.39, 0.29) is 16.1 Å². The van der Waals surface area contributed by atoms with Crippen molar-refractivity contribution in [3.8, 4) is 0 Å². The molecule has 0 aliphatic rings. The molecule has 0 saturated carbocycles. The molecule has 0 aliphatic heterocycles. The van der Waals surface area contributed by atoms with E-state index in [0.29, 0.717) is 0 Å². The minimum Gasteiger partial charge on any atom is -0.341 e. The molecular formula is C15H11ClF3NO2S. The lowest BCUT2D eigenvalue weighted by Gasteiger charge is -2.19. The zero-order valence-electron chi connectivity index (χ0n) is 11.6. The fourth-order valence-electron chi connectivity index (χ4n) is 1.92. The number of alkyl halides is 3. The lowest BCUT2D eigenvalue weighted by Crippen LogP contribution is -2.43. The summed E-state index contributed by atoms with van der Waals surface area (Å²) in [4.78, 5) is 24.3. The van der Waals surface area contributed by atoms with Crippen LogP contribution >= 0.6 is 22.9 Å². The quantitative estimate of drug-likeness (QED) is 0.805. The molecule has 0 fully saturated rings. The number of carbonyl (C=O) groups is 2. The lowest BCUT2D eigenvalue weighted by atomic mass is 10.0. The van der Waals surface area contributed by atoms with Gasteiger partial charge in [-0.2, -0.15) is 24.5 Å². The van der Waals surface area contributed by atoms with Gasteiger partial charge in [0.1, 0.15) is 6.04 Å². The number of halogens is 4. The van der Waals surface area contributed by atoms with Crippen LogP contribution in [-0.4, -0.2) is 23.9 Å². The molecule has 1 aromatic heterocycles. The van der Waals surface area contributed by atoms with Gasteiger partial charge in [0.2, 0.25) is 0 Å². The van der Waals surface area contributed by atoms with Gasteiger partial charge in [0.05, 0.1) is 6.42 Å². The van der Waals surface area contributed by atoms with Gasteiger partial charge >= 0.3 is 6.18 Å². The van der Waals surface area contributed by atoms with Crippen molar-refractivity contribution in [2.45, 2.75) is 18.6 Å². The summed E-state index contributed by atoms with van der Waals surface area (Å²) in [6.45, 7) is 0. The fraction of sp³-hybridized carbons (Fsp3) is 0.200. The number of hydrogen-bond acceptors (Lipinski definition) is 3. The minimum absolute atomic E-state index is 0.0859. The number of ketones is 1. The zero-order chi connectivity index (χ0) is 17.0. The van der Waals surface area contributed by atoms with Crippen LogP contribution in [0.5, 0.6) is 0 Å². The highest BCUT2D eigenvalue weighted by atomic mass is 35.5. The Morgan fingerprint density at radius 1 is 1.22 bits per heavy atom. The van der Waals surface area contributed by atoms with Crippen molar-refractivity contribution in [3.05, 3.63) is 57.2 Å². The average molecular weight is 362 g/mol. The highest BCUT2D eigenvalue weighted by Crippen LogP contribution is 2.24. The SMILES string of the molecule is O=C(NC(CC(F)(F)F)C(=O)c1ccsc1)c1cccc(Cl)c1. The number of thiophene rings is 1. The predicted molar refractivity (Wildman–Crippen MR) is 82.0 cm³/mol. The Morgan fingerprint density at radius 2 is 1.96 bits per heavy atom. The normalized spacial score (nSPS) is 12.7. The highest BCUT2D eigenvalue weighted by Gasteiger charge is 2.36. The van der Waals surface area contributed by atoms with Gasteiger partial charge in [-0.15, -0.1) is 0 Å². The minimum atomic E-state index is -4.59. The third-order valence-corrected chi connectivity index (χ3v) is 3.87. The molecular weight excluding hydrogens is 351 g/mol. The van der Waals surface area contributed by atoms with Gasteiger partial charge < -0.3 is 5.32 Å². The molecule has 1 amide bonds.